The molecule has 27 heavy (non-hydrogen) atoms. The molecule has 0 unspecified atom stereocenters. The van der Waals surface area contributed by atoms with E-state index < -0.39 is 11.7 Å². The minimum absolute atomic E-state index is 0.374. The topological polar surface area (TPSA) is 25.2 Å². The zero-order valence-corrected chi connectivity index (χ0v) is 15.4. The monoisotopic (exact) mass is 404 g/mol. The lowest BCUT2D eigenvalue weighted by atomic mass is 10.0. The molecule has 2 nitrogen and oxygen atoms in total. The van der Waals surface area contributed by atoms with Crippen molar-refractivity contribution in [3.63, 3.8) is 0 Å². The third kappa shape index (κ3) is 3.87. The van der Waals surface area contributed by atoms with Gasteiger partial charge in [-0.3, -0.25) is 9.98 Å². The van der Waals surface area contributed by atoms with Crippen LogP contribution in [0.2, 0.25) is 5.02 Å². The highest BCUT2D eigenvalue weighted by Gasteiger charge is 2.32. The van der Waals surface area contributed by atoms with Gasteiger partial charge in [-0.1, -0.05) is 29.4 Å². The zero-order chi connectivity index (χ0) is 19.0. The number of pyridine rings is 1. The zero-order valence-electron chi connectivity index (χ0n) is 13.8. The fraction of sp³-hybridized carbons (Fsp3) is 0.100. The summed E-state index contributed by atoms with van der Waals surface area (Å²) in [5.41, 5.74) is 2.09. The molecule has 7 heteroatoms. The summed E-state index contributed by atoms with van der Waals surface area (Å²) < 4.78 is 38.8. The quantitative estimate of drug-likeness (QED) is 0.492. The van der Waals surface area contributed by atoms with Crippen LogP contribution in [0.4, 0.5) is 18.9 Å². The van der Waals surface area contributed by atoms with E-state index in [0.717, 1.165) is 38.8 Å². The summed E-state index contributed by atoms with van der Waals surface area (Å²) in [4.78, 5) is 10.5. The molecule has 0 fully saturated rings. The Hall–Kier alpha value is -2.31. The van der Waals surface area contributed by atoms with Gasteiger partial charge in [0.1, 0.15) is 0 Å². The van der Waals surface area contributed by atoms with Gasteiger partial charge in [0, 0.05) is 39.2 Å². The normalized spacial score (nSPS) is 13.4. The molecule has 0 saturated carbocycles. The van der Waals surface area contributed by atoms with Gasteiger partial charge < -0.3 is 0 Å². The van der Waals surface area contributed by atoms with E-state index >= 15 is 0 Å². The molecule has 0 saturated heterocycles. The van der Waals surface area contributed by atoms with Gasteiger partial charge in [-0.15, -0.1) is 0 Å². The maximum atomic E-state index is 12.9. The Balaban J connectivity index is 1.67. The van der Waals surface area contributed by atoms with Crippen LogP contribution < -0.4 is 0 Å². The molecular weight excluding hydrogens is 393 g/mol. The van der Waals surface area contributed by atoms with E-state index in [1.807, 2.05) is 30.3 Å². The molecule has 0 N–H and O–H groups in total. The highest BCUT2D eigenvalue weighted by atomic mass is 35.5. The molecule has 136 valence electrons. The Kier molecular flexibility index (Phi) is 4.70. The van der Waals surface area contributed by atoms with Crippen molar-refractivity contribution in [1.29, 1.82) is 0 Å². The first-order valence-electron chi connectivity index (χ1n) is 8.05. The van der Waals surface area contributed by atoms with Gasteiger partial charge in [0.25, 0.3) is 0 Å². The van der Waals surface area contributed by atoms with E-state index in [2.05, 4.69) is 9.98 Å². The van der Waals surface area contributed by atoms with Gasteiger partial charge in [0.2, 0.25) is 0 Å². The number of rotatable bonds is 3. The molecule has 4 rings (SSSR count). The highest BCUT2D eigenvalue weighted by molar-refractivity contribution is 7.99. The van der Waals surface area contributed by atoms with Gasteiger partial charge in [-0.05, 0) is 48.0 Å². The molecule has 0 amide bonds. The third-order valence-electron chi connectivity index (χ3n) is 4.16. The lowest BCUT2D eigenvalue weighted by molar-refractivity contribution is -0.137. The average molecular weight is 405 g/mol. The van der Waals surface area contributed by atoms with E-state index in [1.54, 1.807) is 12.4 Å². The first-order valence-corrected chi connectivity index (χ1v) is 9.25. The van der Waals surface area contributed by atoms with Gasteiger partial charge in [-0.2, -0.15) is 13.2 Å². The molecule has 2 heterocycles. The van der Waals surface area contributed by atoms with Gasteiger partial charge in [0.15, 0.2) is 0 Å². The summed E-state index contributed by atoms with van der Waals surface area (Å²) in [6.45, 7) is 0. The fourth-order valence-corrected chi connectivity index (χ4v) is 3.91. The molecule has 1 aromatic heterocycles. The Morgan fingerprint density at radius 2 is 1.78 bits per heavy atom. The number of aromatic nitrogens is 1. The van der Waals surface area contributed by atoms with E-state index in [4.69, 9.17) is 11.6 Å². The van der Waals surface area contributed by atoms with Crippen LogP contribution in [0.5, 0.6) is 0 Å². The van der Waals surface area contributed by atoms with Crippen LogP contribution in [0.15, 0.2) is 75.7 Å². The van der Waals surface area contributed by atoms with Crippen LogP contribution in [0.3, 0.4) is 0 Å². The number of aliphatic imine (C=N–C) groups is 1. The molecule has 3 aromatic rings. The van der Waals surface area contributed by atoms with Crippen molar-refractivity contribution in [1.82, 2.24) is 4.98 Å². The van der Waals surface area contributed by atoms with E-state index in [9.17, 15) is 13.2 Å². The van der Waals surface area contributed by atoms with Crippen molar-refractivity contribution in [2.45, 2.75) is 22.4 Å². The van der Waals surface area contributed by atoms with Crippen LogP contribution in [0.25, 0.3) is 0 Å². The van der Waals surface area contributed by atoms with E-state index in [-0.39, 0.29) is 0 Å². The minimum atomic E-state index is -4.38. The molecule has 0 spiro atoms. The second-order valence-corrected chi connectivity index (χ2v) is 7.56. The lowest BCUT2D eigenvalue weighted by Crippen LogP contribution is -2.04. The summed E-state index contributed by atoms with van der Waals surface area (Å²) in [7, 11) is 0. The molecule has 0 aliphatic carbocycles. The summed E-state index contributed by atoms with van der Waals surface area (Å²) >= 11 is 7.44. The van der Waals surface area contributed by atoms with Crippen LogP contribution in [0.1, 0.15) is 16.7 Å². The SMILES string of the molecule is FC(F)(F)c1ccc2c(c1)N=C(c1ccncc1Sc1ccc(Cl)cc1)C2. The number of hydrogen-bond acceptors (Lipinski definition) is 3. The summed E-state index contributed by atoms with van der Waals surface area (Å²) in [6.07, 6.45) is -0.486. The smallest absolute Gasteiger partial charge is 0.264 e. The largest absolute Gasteiger partial charge is 0.416 e. The minimum Gasteiger partial charge on any atom is -0.264 e. The number of hydrogen-bond donors (Lipinski definition) is 0. The van der Waals surface area contributed by atoms with Gasteiger partial charge >= 0.3 is 6.18 Å². The van der Waals surface area contributed by atoms with Crippen molar-refractivity contribution in [2.24, 2.45) is 4.99 Å². The molecule has 0 radical (unpaired) electrons. The maximum absolute atomic E-state index is 12.9. The van der Waals surface area contributed by atoms with Crippen LogP contribution >= 0.6 is 23.4 Å². The van der Waals surface area contributed by atoms with Gasteiger partial charge in [0.05, 0.1) is 17.0 Å². The maximum Gasteiger partial charge on any atom is 0.416 e. The molecule has 0 atom stereocenters. The summed E-state index contributed by atoms with van der Waals surface area (Å²) in [6, 6.07) is 13.0. The second-order valence-electron chi connectivity index (χ2n) is 6.00. The standard InChI is InChI=1S/C20H12ClF3N2S/c21-14-3-5-15(6-4-14)27-19-11-25-8-7-16(19)18-9-12-1-2-13(20(22,23)24)10-17(12)26-18/h1-8,10-11H,9H2. The van der Waals surface area contributed by atoms with Crippen LogP contribution in [-0.2, 0) is 12.6 Å². The van der Waals surface area contributed by atoms with Crippen molar-refractivity contribution in [2.75, 3.05) is 0 Å². The molecule has 0 bridgehead atoms. The molecule has 1 aliphatic heterocycles. The molecule has 1 aliphatic rings. The molecule has 2 aromatic carbocycles. The first kappa shape index (κ1) is 18.1. The third-order valence-corrected chi connectivity index (χ3v) is 5.47. The Bertz CT molecular complexity index is 1030. The molecular formula is C20H12ClF3N2S. The number of nitrogens with zero attached hydrogens (tertiary/aromatic N) is 2. The lowest BCUT2D eigenvalue weighted by Gasteiger charge is -2.08. The number of fused-ring (bicyclic) bond motifs is 1. The van der Waals surface area contributed by atoms with Crippen molar-refractivity contribution in [3.8, 4) is 0 Å². The average Bonchev–Trinajstić information content (AvgIpc) is 3.06. The fourth-order valence-electron chi connectivity index (χ4n) is 2.84. The number of alkyl halides is 3. The van der Waals surface area contributed by atoms with Crippen molar-refractivity contribution in [3.05, 3.63) is 82.6 Å². The summed E-state index contributed by atoms with van der Waals surface area (Å²) in [5, 5.41) is 0.654. The number of halogens is 4. The Morgan fingerprint density at radius 3 is 2.52 bits per heavy atom. The van der Waals surface area contributed by atoms with Crippen molar-refractivity contribution >= 4 is 34.8 Å². The summed E-state index contributed by atoms with van der Waals surface area (Å²) in [5.74, 6) is 0. The predicted octanol–water partition coefficient (Wildman–Crippen LogP) is 6.58. The van der Waals surface area contributed by atoms with Crippen LogP contribution in [-0.4, -0.2) is 10.7 Å². The highest BCUT2D eigenvalue weighted by Crippen LogP contribution is 2.38. The Labute approximate surface area is 163 Å². The first-order chi connectivity index (χ1) is 12.9. The van der Waals surface area contributed by atoms with Crippen LogP contribution in [0, 0.1) is 0 Å². The predicted molar refractivity (Wildman–Crippen MR) is 101 cm³/mol. The van der Waals surface area contributed by atoms with E-state index in [1.165, 1.54) is 17.8 Å². The van der Waals surface area contributed by atoms with E-state index in [0.29, 0.717) is 17.1 Å². The van der Waals surface area contributed by atoms with Gasteiger partial charge in [-0.25, -0.2) is 0 Å². The number of benzene rings is 2. The van der Waals surface area contributed by atoms with Crippen molar-refractivity contribution < 1.29 is 13.2 Å². The Morgan fingerprint density at radius 1 is 1.00 bits per heavy atom. The second kappa shape index (κ2) is 7.02.